The van der Waals surface area contributed by atoms with E-state index in [1.807, 2.05) is 0 Å². The average Bonchev–Trinajstić information content (AvgIpc) is 2.87. The Kier molecular flexibility index (Phi) is 11.4. The number of methoxy groups -OCH3 is 1. The summed E-state index contributed by atoms with van der Waals surface area (Å²) >= 11 is 0. The Morgan fingerprint density at radius 1 is 0.857 bits per heavy atom. The fourth-order valence-electron chi connectivity index (χ4n) is 2.71. The molecule has 10 heteroatoms. The Labute approximate surface area is 204 Å². The number of hydrogen-bond donors (Lipinski definition) is 0. The van der Waals surface area contributed by atoms with Gasteiger partial charge in [0.05, 0.1) is 32.5 Å². The molecule has 0 N–H and O–H groups in total. The van der Waals surface area contributed by atoms with Gasteiger partial charge in [-0.25, -0.2) is 9.36 Å². The van der Waals surface area contributed by atoms with Gasteiger partial charge in [-0.2, -0.15) is 0 Å². The molecule has 2 aromatic carbocycles. The third-order valence-corrected chi connectivity index (χ3v) is 5.82. The van der Waals surface area contributed by atoms with E-state index in [9.17, 15) is 14.2 Å². The van der Waals surface area contributed by atoms with Crippen LogP contribution >= 0.6 is 7.82 Å². The molecule has 0 atom stereocenters. The summed E-state index contributed by atoms with van der Waals surface area (Å²) in [6, 6.07) is 11.8. The number of rotatable bonds is 15. The number of esters is 2. The molecule has 0 aliphatic heterocycles. The molecule has 0 aliphatic rings. The molecular weight excluding hydrogens is 475 g/mol. The van der Waals surface area contributed by atoms with E-state index in [2.05, 4.69) is 13.2 Å². The first-order chi connectivity index (χ1) is 16.8. The van der Waals surface area contributed by atoms with Crippen LogP contribution in [0, 0.1) is 0 Å². The van der Waals surface area contributed by atoms with Gasteiger partial charge in [0.1, 0.15) is 19.0 Å². The second-order valence-electron chi connectivity index (χ2n) is 7.09. The van der Waals surface area contributed by atoms with E-state index in [0.29, 0.717) is 16.9 Å². The van der Waals surface area contributed by atoms with Crippen molar-refractivity contribution in [3.63, 3.8) is 0 Å². The minimum atomic E-state index is -3.89. The zero-order valence-electron chi connectivity index (χ0n) is 19.8. The van der Waals surface area contributed by atoms with Crippen LogP contribution < -0.4 is 4.74 Å². The molecular formula is C25H29O9P. The standard InChI is InChI=1S/C25H29O9P/c1-5-13-32-35(28,33-14-6-2)34-17-21-7-10-22(18-30-19(3)26)24(15-21)25(27)31-16-20-8-11-23(29-4)12-9-20/h5-12,15H,1-2,13-14,16-18H2,3-4H3. The molecule has 0 radical (unpaired) electrons. The van der Waals surface area contributed by atoms with Crippen LogP contribution in [0.15, 0.2) is 67.8 Å². The van der Waals surface area contributed by atoms with Crippen molar-refractivity contribution in [2.24, 2.45) is 0 Å². The molecule has 0 saturated heterocycles. The largest absolute Gasteiger partial charge is 0.497 e. The van der Waals surface area contributed by atoms with E-state index in [0.717, 1.165) is 5.56 Å². The molecule has 2 rings (SSSR count). The lowest BCUT2D eigenvalue weighted by Crippen LogP contribution is -2.11. The number of carbonyl (C=O) groups excluding carboxylic acids is 2. The van der Waals surface area contributed by atoms with E-state index >= 15 is 0 Å². The Bertz CT molecular complexity index is 1050. The quantitative estimate of drug-likeness (QED) is 0.185. The predicted octanol–water partition coefficient (Wildman–Crippen LogP) is 5.15. The number of ether oxygens (including phenoxy) is 3. The summed E-state index contributed by atoms with van der Waals surface area (Å²) in [4.78, 5) is 24.2. The van der Waals surface area contributed by atoms with Crippen LogP contribution in [0.25, 0.3) is 0 Å². The van der Waals surface area contributed by atoms with Crippen LogP contribution in [0.3, 0.4) is 0 Å². The first-order valence-electron chi connectivity index (χ1n) is 10.6. The minimum absolute atomic E-state index is 0.0244. The van der Waals surface area contributed by atoms with E-state index < -0.39 is 19.8 Å². The molecule has 2 aromatic rings. The topological polar surface area (TPSA) is 107 Å². The molecule has 0 amide bonds. The van der Waals surface area contributed by atoms with Gasteiger partial charge in [0, 0.05) is 12.5 Å². The lowest BCUT2D eigenvalue weighted by molar-refractivity contribution is -0.142. The second-order valence-corrected chi connectivity index (χ2v) is 8.75. The third kappa shape index (κ3) is 9.50. The van der Waals surface area contributed by atoms with E-state index in [-0.39, 0.29) is 38.6 Å². The Balaban J connectivity index is 2.18. The highest BCUT2D eigenvalue weighted by molar-refractivity contribution is 7.48. The van der Waals surface area contributed by atoms with Gasteiger partial charge in [-0.3, -0.25) is 18.4 Å². The zero-order valence-corrected chi connectivity index (χ0v) is 20.7. The lowest BCUT2D eigenvalue weighted by atomic mass is 10.0. The van der Waals surface area contributed by atoms with Crippen molar-refractivity contribution in [2.75, 3.05) is 20.3 Å². The number of hydrogen-bond acceptors (Lipinski definition) is 9. The molecule has 0 aromatic heterocycles. The van der Waals surface area contributed by atoms with Crippen molar-refractivity contribution in [2.45, 2.75) is 26.7 Å². The van der Waals surface area contributed by atoms with Crippen molar-refractivity contribution in [1.29, 1.82) is 0 Å². The fourth-order valence-corrected chi connectivity index (χ4v) is 3.82. The van der Waals surface area contributed by atoms with E-state index in [1.54, 1.807) is 43.5 Å². The maximum absolute atomic E-state index is 12.9. The fraction of sp³-hybridized carbons (Fsp3) is 0.280. The van der Waals surface area contributed by atoms with E-state index in [4.69, 9.17) is 27.8 Å². The highest BCUT2D eigenvalue weighted by atomic mass is 31.2. The average molecular weight is 504 g/mol. The summed E-state index contributed by atoms with van der Waals surface area (Å²) in [5, 5.41) is 0. The molecule has 0 saturated carbocycles. The van der Waals surface area contributed by atoms with Crippen LogP contribution in [0.4, 0.5) is 0 Å². The molecule has 0 spiro atoms. The smallest absolute Gasteiger partial charge is 0.475 e. The van der Waals surface area contributed by atoms with E-state index in [1.165, 1.54) is 25.1 Å². The number of benzene rings is 2. The molecule has 0 aliphatic carbocycles. The molecule has 0 unspecified atom stereocenters. The SMILES string of the molecule is C=CCOP(=O)(OCC=C)OCc1ccc(COC(C)=O)c(C(=O)OCc2ccc(OC)cc2)c1. The maximum Gasteiger partial charge on any atom is 0.475 e. The van der Waals surface area contributed by atoms with Gasteiger partial charge in [-0.15, -0.1) is 13.2 Å². The summed E-state index contributed by atoms with van der Waals surface area (Å²) in [6.07, 6.45) is 2.82. The highest BCUT2D eigenvalue weighted by Gasteiger charge is 2.26. The maximum atomic E-state index is 12.9. The lowest BCUT2D eigenvalue weighted by Gasteiger charge is -2.17. The predicted molar refractivity (Wildman–Crippen MR) is 129 cm³/mol. The van der Waals surface area contributed by atoms with Crippen LogP contribution in [0.2, 0.25) is 0 Å². The molecule has 0 fully saturated rings. The van der Waals surface area contributed by atoms with Gasteiger partial charge in [0.25, 0.3) is 0 Å². The Morgan fingerprint density at radius 3 is 2.06 bits per heavy atom. The van der Waals surface area contributed by atoms with Crippen LogP contribution in [0.1, 0.15) is 34.0 Å². The second kappa shape index (κ2) is 14.2. The zero-order chi connectivity index (χ0) is 25.7. The first kappa shape index (κ1) is 28.0. The number of carbonyl (C=O) groups is 2. The van der Waals surface area contributed by atoms with Gasteiger partial charge >= 0.3 is 19.8 Å². The van der Waals surface area contributed by atoms with Crippen molar-refractivity contribution in [3.8, 4) is 5.75 Å². The van der Waals surface area contributed by atoms with Crippen LogP contribution in [-0.2, 0) is 52.2 Å². The summed E-state index contributed by atoms with van der Waals surface area (Å²) < 4.78 is 44.1. The van der Waals surface area contributed by atoms with Crippen molar-refractivity contribution in [1.82, 2.24) is 0 Å². The van der Waals surface area contributed by atoms with Gasteiger partial charge in [-0.05, 0) is 29.3 Å². The highest BCUT2D eigenvalue weighted by Crippen LogP contribution is 2.50. The van der Waals surface area contributed by atoms with Gasteiger partial charge < -0.3 is 14.2 Å². The minimum Gasteiger partial charge on any atom is -0.497 e. The molecule has 35 heavy (non-hydrogen) atoms. The monoisotopic (exact) mass is 504 g/mol. The van der Waals surface area contributed by atoms with Crippen molar-refractivity contribution >= 4 is 19.8 Å². The van der Waals surface area contributed by atoms with Gasteiger partial charge in [0.15, 0.2) is 0 Å². The summed E-state index contributed by atoms with van der Waals surface area (Å²) in [5.74, 6) is -0.434. The molecule has 9 nitrogen and oxygen atoms in total. The normalized spacial score (nSPS) is 10.9. The molecule has 0 bridgehead atoms. The molecule has 0 heterocycles. The third-order valence-electron chi connectivity index (χ3n) is 4.44. The van der Waals surface area contributed by atoms with Crippen molar-refractivity contribution in [3.05, 3.63) is 90.0 Å². The van der Waals surface area contributed by atoms with Gasteiger partial charge in [0.2, 0.25) is 0 Å². The number of phosphoric ester groups is 1. The first-order valence-corrected chi connectivity index (χ1v) is 12.1. The summed E-state index contributed by atoms with van der Waals surface area (Å²) in [5.41, 5.74) is 1.88. The Hall–Kier alpha value is -3.23. The van der Waals surface area contributed by atoms with Crippen LogP contribution in [-0.4, -0.2) is 32.3 Å². The number of phosphoric acid groups is 1. The summed E-state index contributed by atoms with van der Waals surface area (Å²) in [6.45, 7) is 7.93. The molecule has 188 valence electrons. The Morgan fingerprint density at radius 2 is 1.49 bits per heavy atom. The summed E-state index contributed by atoms with van der Waals surface area (Å²) in [7, 11) is -2.33. The van der Waals surface area contributed by atoms with Gasteiger partial charge in [-0.1, -0.05) is 36.4 Å². The van der Waals surface area contributed by atoms with Crippen molar-refractivity contribution < 1.29 is 41.9 Å². The van der Waals surface area contributed by atoms with Crippen LogP contribution in [0.5, 0.6) is 5.75 Å².